The van der Waals surface area contributed by atoms with E-state index in [9.17, 15) is 14.7 Å². The lowest BCUT2D eigenvalue weighted by molar-refractivity contribution is -0.120. The van der Waals surface area contributed by atoms with Crippen molar-refractivity contribution in [2.24, 2.45) is 0 Å². The van der Waals surface area contributed by atoms with Gasteiger partial charge in [0.05, 0.1) is 17.8 Å². The van der Waals surface area contributed by atoms with Gasteiger partial charge >= 0.3 is 5.97 Å². The van der Waals surface area contributed by atoms with Gasteiger partial charge in [-0.2, -0.15) is 0 Å². The van der Waals surface area contributed by atoms with Crippen LogP contribution in [0.2, 0.25) is 0 Å². The second-order valence-electron chi connectivity index (χ2n) is 4.90. The van der Waals surface area contributed by atoms with Crippen molar-refractivity contribution in [3.8, 4) is 0 Å². The van der Waals surface area contributed by atoms with Gasteiger partial charge < -0.3 is 15.3 Å². The minimum Gasteiger partial charge on any atom is -0.478 e. The van der Waals surface area contributed by atoms with E-state index in [1.54, 1.807) is 24.1 Å². The van der Waals surface area contributed by atoms with Crippen molar-refractivity contribution >= 4 is 17.6 Å². The molecule has 0 aliphatic heterocycles. The van der Waals surface area contributed by atoms with E-state index in [4.69, 9.17) is 0 Å². The number of anilines is 1. The first-order chi connectivity index (χ1) is 8.81. The predicted octanol–water partition coefficient (Wildman–Crippen LogP) is 1.65. The van der Waals surface area contributed by atoms with Gasteiger partial charge in [0, 0.05) is 13.1 Å². The Bertz CT molecular complexity index is 484. The Morgan fingerprint density at radius 1 is 1.37 bits per heavy atom. The lowest BCUT2D eigenvalue weighted by atomic mass is 10.1. The van der Waals surface area contributed by atoms with Crippen LogP contribution in [0.5, 0.6) is 0 Å². The highest BCUT2D eigenvalue weighted by molar-refractivity contribution is 5.95. The maximum absolute atomic E-state index is 11.7. The molecule has 0 radical (unpaired) electrons. The average Bonchev–Trinajstić information content (AvgIpc) is 2.27. The molecule has 2 N–H and O–H groups in total. The van der Waals surface area contributed by atoms with Gasteiger partial charge in [-0.05, 0) is 32.9 Å². The SMILES string of the molecule is Cc1ccc(N(C)CC(=O)NC(C)C)c(C(=O)O)c1. The molecule has 0 aliphatic carbocycles. The van der Waals surface area contributed by atoms with Gasteiger partial charge in [0.25, 0.3) is 0 Å². The average molecular weight is 264 g/mol. The van der Waals surface area contributed by atoms with Crippen molar-refractivity contribution in [2.45, 2.75) is 26.8 Å². The molecule has 0 heterocycles. The third-order valence-corrected chi connectivity index (χ3v) is 2.62. The highest BCUT2D eigenvalue weighted by Crippen LogP contribution is 2.20. The first-order valence-corrected chi connectivity index (χ1v) is 6.15. The van der Waals surface area contributed by atoms with Crippen molar-refractivity contribution in [3.63, 3.8) is 0 Å². The van der Waals surface area contributed by atoms with Crippen molar-refractivity contribution in [3.05, 3.63) is 29.3 Å². The quantitative estimate of drug-likeness (QED) is 0.848. The largest absolute Gasteiger partial charge is 0.478 e. The number of hydrogen-bond acceptors (Lipinski definition) is 3. The van der Waals surface area contributed by atoms with Crippen molar-refractivity contribution < 1.29 is 14.7 Å². The first-order valence-electron chi connectivity index (χ1n) is 6.15. The fourth-order valence-electron chi connectivity index (χ4n) is 1.82. The third kappa shape index (κ3) is 4.28. The van der Waals surface area contributed by atoms with E-state index in [-0.39, 0.29) is 24.1 Å². The molecule has 0 saturated carbocycles. The summed E-state index contributed by atoms with van der Waals surface area (Å²) in [5, 5.41) is 12.0. The zero-order chi connectivity index (χ0) is 14.6. The molecule has 1 aromatic rings. The Hall–Kier alpha value is -2.04. The van der Waals surface area contributed by atoms with Gasteiger partial charge in [-0.1, -0.05) is 11.6 Å². The number of rotatable bonds is 5. The molecule has 1 amide bonds. The molecule has 1 aromatic carbocycles. The number of aromatic carboxylic acids is 1. The van der Waals surface area contributed by atoms with Crippen molar-refractivity contribution in [2.75, 3.05) is 18.5 Å². The highest BCUT2D eigenvalue weighted by Gasteiger charge is 2.16. The summed E-state index contributed by atoms with van der Waals surface area (Å²) in [6, 6.07) is 5.23. The van der Waals surface area contributed by atoms with E-state index in [0.29, 0.717) is 5.69 Å². The summed E-state index contributed by atoms with van der Waals surface area (Å²) in [6.07, 6.45) is 0. The summed E-state index contributed by atoms with van der Waals surface area (Å²) in [5.41, 5.74) is 1.62. The molecule has 0 aliphatic rings. The monoisotopic (exact) mass is 264 g/mol. The summed E-state index contributed by atoms with van der Waals surface area (Å²) in [4.78, 5) is 24.5. The van der Waals surface area contributed by atoms with E-state index in [2.05, 4.69) is 5.32 Å². The number of aryl methyl sites for hydroxylation is 1. The minimum absolute atomic E-state index is 0.0675. The molecule has 104 valence electrons. The van der Waals surface area contributed by atoms with Crippen LogP contribution in [-0.2, 0) is 4.79 Å². The first kappa shape index (κ1) is 15.0. The second-order valence-corrected chi connectivity index (χ2v) is 4.90. The van der Waals surface area contributed by atoms with Crippen LogP contribution < -0.4 is 10.2 Å². The van der Waals surface area contributed by atoms with Crippen LogP contribution in [0.25, 0.3) is 0 Å². The van der Waals surface area contributed by atoms with Gasteiger partial charge in [0.1, 0.15) is 0 Å². The fourth-order valence-corrected chi connectivity index (χ4v) is 1.82. The Balaban J connectivity index is 2.90. The van der Waals surface area contributed by atoms with Crippen LogP contribution in [0.1, 0.15) is 29.8 Å². The number of carbonyl (C=O) groups is 2. The standard InChI is InChI=1S/C14H20N2O3/c1-9(2)15-13(17)8-16(4)12-6-5-10(3)7-11(12)14(18)19/h5-7,9H,8H2,1-4H3,(H,15,17)(H,18,19). The Kier molecular flexibility index (Phi) is 4.92. The number of nitrogens with one attached hydrogen (secondary N) is 1. The summed E-state index contributed by atoms with van der Waals surface area (Å²) in [6.45, 7) is 5.72. The van der Waals surface area contributed by atoms with Crippen LogP contribution in [0, 0.1) is 6.92 Å². The molecule has 0 atom stereocenters. The van der Waals surface area contributed by atoms with E-state index in [0.717, 1.165) is 5.56 Å². The number of amides is 1. The van der Waals surface area contributed by atoms with Gasteiger partial charge in [-0.3, -0.25) is 4.79 Å². The lowest BCUT2D eigenvalue weighted by Gasteiger charge is -2.21. The van der Waals surface area contributed by atoms with Crippen LogP contribution in [0.15, 0.2) is 18.2 Å². The number of carboxylic acids is 1. The molecule has 1 rings (SSSR count). The molecule has 0 fully saturated rings. The summed E-state index contributed by atoms with van der Waals surface area (Å²) < 4.78 is 0. The van der Waals surface area contributed by atoms with E-state index < -0.39 is 5.97 Å². The summed E-state index contributed by atoms with van der Waals surface area (Å²) >= 11 is 0. The van der Waals surface area contributed by atoms with Gasteiger partial charge in [0.2, 0.25) is 5.91 Å². The number of carbonyl (C=O) groups excluding carboxylic acids is 1. The maximum atomic E-state index is 11.7. The Labute approximate surface area is 113 Å². The smallest absolute Gasteiger partial charge is 0.337 e. The van der Waals surface area contributed by atoms with Gasteiger partial charge in [-0.15, -0.1) is 0 Å². The van der Waals surface area contributed by atoms with Crippen molar-refractivity contribution in [1.82, 2.24) is 5.32 Å². The van der Waals surface area contributed by atoms with Crippen LogP contribution in [-0.4, -0.2) is 36.6 Å². The maximum Gasteiger partial charge on any atom is 0.337 e. The fraction of sp³-hybridized carbons (Fsp3) is 0.429. The van der Waals surface area contributed by atoms with Gasteiger partial charge in [-0.25, -0.2) is 4.79 Å². The molecule has 0 saturated heterocycles. The van der Waals surface area contributed by atoms with Crippen molar-refractivity contribution in [1.29, 1.82) is 0 Å². The second kappa shape index (κ2) is 6.22. The minimum atomic E-state index is -0.991. The topological polar surface area (TPSA) is 69.6 Å². The molecule has 19 heavy (non-hydrogen) atoms. The number of hydrogen-bond donors (Lipinski definition) is 2. The molecule has 0 spiro atoms. The van der Waals surface area contributed by atoms with Crippen LogP contribution in [0.3, 0.4) is 0 Å². The lowest BCUT2D eigenvalue weighted by Crippen LogP contribution is -2.39. The zero-order valence-electron chi connectivity index (χ0n) is 11.7. The Morgan fingerprint density at radius 3 is 2.53 bits per heavy atom. The van der Waals surface area contributed by atoms with E-state index >= 15 is 0 Å². The number of carboxylic acid groups (broad SMARTS) is 1. The molecule has 0 bridgehead atoms. The van der Waals surface area contributed by atoms with E-state index in [1.165, 1.54) is 0 Å². The number of benzene rings is 1. The molecule has 5 nitrogen and oxygen atoms in total. The zero-order valence-corrected chi connectivity index (χ0v) is 11.7. The highest BCUT2D eigenvalue weighted by atomic mass is 16.4. The Morgan fingerprint density at radius 2 is 2.00 bits per heavy atom. The molecular weight excluding hydrogens is 244 g/mol. The summed E-state index contributed by atoms with van der Waals surface area (Å²) in [5.74, 6) is -1.12. The molecule has 0 aromatic heterocycles. The van der Waals surface area contributed by atoms with Gasteiger partial charge in [0.15, 0.2) is 0 Å². The predicted molar refractivity (Wildman–Crippen MR) is 74.7 cm³/mol. The number of nitrogens with zero attached hydrogens (tertiary/aromatic N) is 1. The number of likely N-dealkylation sites (N-methyl/N-ethyl adjacent to an activating group) is 1. The van der Waals surface area contributed by atoms with Crippen LogP contribution in [0.4, 0.5) is 5.69 Å². The normalized spacial score (nSPS) is 10.4. The molecule has 0 unspecified atom stereocenters. The van der Waals surface area contributed by atoms with Crippen LogP contribution >= 0.6 is 0 Å². The molecular formula is C14H20N2O3. The summed E-state index contributed by atoms with van der Waals surface area (Å²) in [7, 11) is 1.71. The third-order valence-electron chi connectivity index (χ3n) is 2.62. The molecule has 5 heteroatoms. The van der Waals surface area contributed by atoms with E-state index in [1.807, 2.05) is 26.8 Å².